The fourth-order valence-corrected chi connectivity index (χ4v) is 2.96. The molecule has 1 saturated heterocycles. The summed E-state index contributed by atoms with van der Waals surface area (Å²) >= 11 is 0. The van der Waals surface area contributed by atoms with Crippen molar-refractivity contribution in [2.75, 3.05) is 26.2 Å². The number of nitrogens with one attached hydrogen (secondary N) is 1. The Balaban J connectivity index is 1.84. The molecular formula is C19H29FN4O2. The van der Waals surface area contributed by atoms with Crippen LogP contribution in [-0.4, -0.2) is 49.2 Å². The fraction of sp³-hybridized carbons (Fsp3) is 0.579. The van der Waals surface area contributed by atoms with E-state index in [-0.39, 0.29) is 23.4 Å². The Morgan fingerprint density at radius 1 is 1.42 bits per heavy atom. The number of amides is 1. The van der Waals surface area contributed by atoms with Crippen molar-refractivity contribution in [3.63, 3.8) is 0 Å². The number of hydrogen-bond donors (Lipinski definition) is 2. The topological polar surface area (TPSA) is 80.0 Å². The Kier molecular flexibility index (Phi) is 6.83. The van der Waals surface area contributed by atoms with Gasteiger partial charge in [-0.15, -0.1) is 0 Å². The monoisotopic (exact) mass is 364 g/mol. The van der Waals surface area contributed by atoms with E-state index >= 15 is 0 Å². The van der Waals surface area contributed by atoms with Gasteiger partial charge in [0.05, 0.1) is 13.2 Å². The molecule has 2 rings (SSSR count). The first-order valence-corrected chi connectivity index (χ1v) is 9.06. The number of nitrogens with zero attached hydrogens (tertiary/aromatic N) is 2. The van der Waals surface area contributed by atoms with Crippen molar-refractivity contribution < 1.29 is 13.9 Å². The largest absolute Gasteiger partial charge is 0.450 e. The maximum atomic E-state index is 13.4. The van der Waals surface area contributed by atoms with Crippen molar-refractivity contribution in [3.8, 4) is 0 Å². The molecule has 7 heteroatoms. The van der Waals surface area contributed by atoms with Crippen LogP contribution in [0.25, 0.3) is 0 Å². The highest BCUT2D eigenvalue weighted by atomic mass is 19.1. The number of carbonyl (C=O) groups is 1. The Morgan fingerprint density at radius 2 is 2.12 bits per heavy atom. The van der Waals surface area contributed by atoms with Gasteiger partial charge in [0.15, 0.2) is 5.96 Å². The Labute approximate surface area is 154 Å². The molecule has 1 aromatic carbocycles. The molecular weight excluding hydrogens is 335 g/mol. The molecule has 0 aromatic heterocycles. The van der Waals surface area contributed by atoms with Gasteiger partial charge in [0.25, 0.3) is 0 Å². The highest BCUT2D eigenvalue weighted by molar-refractivity contribution is 5.78. The van der Waals surface area contributed by atoms with Gasteiger partial charge in [-0.2, -0.15) is 0 Å². The number of aliphatic imine (C=N–C) groups is 1. The number of hydrogen-bond acceptors (Lipinski definition) is 3. The van der Waals surface area contributed by atoms with Crippen molar-refractivity contribution in [2.45, 2.75) is 45.1 Å². The van der Waals surface area contributed by atoms with E-state index in [0.29, 0.717) is 32.2 Å². The van der Waals surface area contributed by atoms with Gasteiger partial charge in [0, 0.05) is 24.5 Å². The Bertz CT molecular complexity index is 640. The van der Waals surface area contributed by atoms with Gasteiger partial charge in [-0.05, 0) is 37.5 Å². The molecule has 144 valence electrons. The summed E-state index contributed by atoms with van der Waals surface area (Å²) in [7, 11) is 0. The van der Waals surface area contributed by atoms with Crippen molar-refractivity contribution in [2.24, 2.45) is 10.7 Å². The Hall–Kier alpha value is -2.31. The number of ether oxygens (including phenoxy) is 1. The number of guanidine groups is 1. The number of nitrogens with two attached hydrogens (primary N) is 1. The summed E-state index contributed by atoms with van der Waals surface area (Å²) in [6.07, 6.45) is 1.33. The molecule has 0 spiro atoms. The van der Waals surface area contributed by atoms with Crippen molar-refractivity contribution in [1.82, 2.24) is 10.2 Å². The van der Waals surface area contributed by atoms with E-state index in [0.717, 1.165) is 18.4 Å². The number of halogens is 1. The number of piperidine rings is 1. The summed E-state index contributed by atoms with van der Waals surface area (Å²) in [5, 5.41) is 3.22. The molecule has 6 nitrogen and oxygen atoms in total. The average molecular weight is 364 g/mol. The van der Waals surface area contributed by atoms with E-state index < -0.39 is 0 Å². The molecule has 0 radical (unpaired) electrons. The zero-order valence-corrected chi connectivity index (χ0v) is 15.8. The minimum Gasteiger partial charge on any atom is -0.450 e. The summed E-state index contributed by atoms with van der Waals surface area (Å²) in [6, 6.07) is 6.75. The third-order valence-corrected chi connectivity index (χ3v) is 4.62. The zero-order valence-electron chi connectivity index (χ0n) is 15.8. The molecule has 0 unspecified atom stereocenters. The number of carbonyl (C=O) groups excluding carboxylic acids is 1. The van der Waals surface area contributed by atoms with Crippen LogP contribution >= 0.6 is 0 Å². The molecule has 1 aromatic rings. The van der Waals surface area contributed by atoms with E-state index in [1.54, 1.807) is 17.9 Å². The molecule has 1 aliphatic heterocycles. The normalized spacial score (nSPS) is 16.5. The van der Waals surface area contributed by atoms with Crippen LogP contribution in [0.4, 0.5) is 9.18 Å². The summed E-state index contributed by atoms with van der Waals surface area (Å²) in [5.41, 5.74) is 6.59. The average Bonchev–Trinajstić information content (AvgIpc) is 2.61. The zero-order chi connectivity index (χ0) is 19.2. The van der Waals surface area contributed by atoms with Gasteiger partial charge < -0.3 is 20.7 Å². The van der Waals surface area contributed by atoms with Crippen LogP contribution in [-0.2, 0) is 10.2 Å². The lowest BCUT2D eigenvalue weighted by atomic mass is 9.85. The second-order valence-electron chi connectivity index (χ2n) is 7.20. The fourth-order valence-electron chi connectivity index (χ4n) is 2.96. The van der Waals surface area contributed by atoms with Gasteiger partial charge in [0.1, 0.15) is 5.82 Å². The maximum Gasteiger partial charge on any atom is 0.409 e. The minimum absolute atomic E-state index is 0.182. The number of benzene rings is 1. The Morgan fingerprint density at radius 3 is 2.73 bits per heavy atom. The first-order chi connectivity index (χ1) is 12.3. The van der Waals surface area contributed by atoms with E-state index in [1.165, 1.54) is 12.1 Å². The van der Waals surface area contributed by atoms with Crippen LogP contribution in [0.5, 0.6) is 0 Å². The summed E-state index contributed by atoms with van der Waals surface area (Å²) in [4.78, 5) is 17.9. The van der Waals surface area contributed by atoms with E-state index in [1.807, 2.05) is 19.9 Å². The third-order valence-electron chi connectivity index (χ3n) is 4.62. The molecule has 1 fully saturated rings. The first-order valence-electron chi connectivity index (χ1n) is 9.06. The third kappa shape index (κ3) is 5.61. The minimum atomic E-state index is -0.318. The summed E-state index contributed by atoms with van der Waals surface area (Å²) in [5.74, 6) is 0.128. The van der Waals surface area contributed by atoms with Crippen molar-refractivity contribution >= 4 is 12.1 Å². The SMILES string of the molecule is CCOC(=O)N1CCC(NC(N)=NCC(C)(C)c2cccc(F)c2)CC1. The molecule has 3 N–H and O–H groups in total. The number of likely N-dealkylation sites (tertiary alicyclic amines) is 1. The van der Waals surface area contributed by atoms with Crippen molar-refractivity contribution in [1.29, 1.82) is 0 Å². The standard InChI is InChI=1S/C19H29FN4O2/c1-4-26-18(25)24-10-8-16(9-11-24)23-17(21)22-13-19(2,3)14-6-5-7-15(20)12-14/h5-7,12,16H,4,8-11,13H2,1-3H3,(H3,21,22,23). The van der Waals surface area contributed by atoms with Gasteiger partial charge in [-0.25, -0.2) is 9.18 Å². The van der Waals surface area contributed by atoms with Crippen LogP contribution in [0.3, 0.4) is 0 Å². The van der Waals surface area contributed by atoms with E-state index in [4.69, 9.17) is 10.5 Å². The summed E-state index contributed by atoms with van der Waals surface area (Å²) < 4.78 is 18.4. The highest BCUT2D eigenvalue weighted by Gasteiger charge is 2.24. The van der Waals surface area contributed by atoms with Gasteiger partial charge in [-0.3, -0.25) is 4.99 Å². The molecule has 1 aliphatic rings. The van der Waals surface area contributed by atoms with Crippen LogP contribution in [0, 0.1) is 5.82 Å². The molecule has 0 saturated carbocycles. The molecule has 26 heavy (non-hydrogen) atoms. The van der Waals surface area contributed by atoms with Gasteiger partial charge in [-0.1, -0.05) is 26.0 Å². The van der Waals surface area contributed by atoms with E-state index in [2.05, 4.69) is 10.3 Å². The highest BCUT2D eigenvalue weighted by Crippen LogP contribution is 2.24. The maximum absolute atomic E-state index is 13.4. The lowest BCUT2D eigenvalue weighted by Crippen LogP contribution is -2.48. The second-order valence-corrected chi connectivity index (χ2v) is 7.20. The molecule has 0 bridgehead atoms. The molecule has 0 aliphatic carbocycles. The molecule has 1 amide bonds. The lowest BCUT2D eigenvalue weighted by Gasteiger charge is -2.32. The predicted octanol–water partition coefficient (Wildman–Crippen LogP) is 2.63. The number of rotatable bonds is 5. The van der Waals surface area contributed by atoms with Crippen LogP contribution in [0.2, 0.25) is 0 Å². The van der Waals surface area contributed by atoms with Crippen LogP contribution < -0.4 is 11.1 Å². The lowest BCUT2D eigenvalue weighted by molar-refractivity contribution is 0.0963. The van der Waals surface area contributed by atoms with Gasteiger partial charge >= 0.3 is 6.09 Å². The van der Waals surface area contributed by atoms with Crippen LogP contribution in [0.15, 0.2) is 29.3 Å². The predicted molar refractivity (Wildman–Crippen MR) is 101 cm³/mol. The van der Waals surface area contributed by atoms with Crippen LogP contribution in [0.1, 0.15) is 39.2 Å². The van der Waals surface area contributed by atoms with Crippen molar-refractivity contribution in [3.05, 3.63) is 35.6 Å². The summed E-state index contributed by atoms with van der Waals surface area (Å²) in [6.45, 7) is 7.94. The van der Waals surface area contributed by atoms with Gasteiger partial charge in [0.2, 0.25) is 0 Å². The first kappa shape index (κ1) is 20.0. The smallest absolute Gasteiger partial charge is 0.409 e. The molecule has 1 heterocycles. The molecule has 0 atom stereocenters. The second kappa shape index (κ2) is 8.87. The quantitative estimate of drug-likeness (QED) is 0.622. The van der Waals surface area contributed by atoms with E-state index in [9.17, 15) is 9.18 Å².